The number of rotatable bonds is 8. The summed E-state index contributed by atoms with van der Waals surface area (Å²) >= 11 is 0. The van der Waals surface area contributed by atoms with E-state index in [0.717, 1.165) is 18.6 Å². The van der Waals surface area contributed by atoms with E-state index in [1.54, 1.807) is 6.07 Å². The van der Waals surface area contributed by atoms with E-state index in [9.17, 15) is 21.6 Å². The van der Waals surface area contributed by atoms with Crippen LogP contribution in [-0.4, -0.2) is 37.9 Å². The first-order chi connectivity index (χ1) is 11.2. The van der Waals surface area contributed by atoms with Gasteiger partial charge in [-0.15, -0.1) is 0 Å². The molecular formula is C15H23F3N2O3S. The molecule has 0 aromatic carbocycles. The Morgan fingerprint density at radius 1 is 1.38 bits per heavy atom. The van der Waals surface area contributed by atoms with Crippen molar-refractivity contribution in [2.45, 2.75) is 63.3 Å². The second kappa shape index (κ2) is 9.25. The average molecular weight is 368 g/mol. The van der Waals surface area contributed by atoms with Crippen LogP contribution in [0.25, 0.3) is 0 Å². The van der Waals surface area contributed by atoms with Crippen LogP contribution in [0, 0.1) is 17.2 Å². The first kappa shape index (κ1) is 20.7. The minimum absolute atomic E-state index is 0.416. The monoisotopic (exact) mass is 368 g/mol. The largest absolute Gasteiger partial charge is 0.396 e. The average Bonchev–Trinajstić information content (AvgIpc) is 2.51. The molecule has 0 spiro atoms. The van der Waals surface area contributed by atoms with Crippen LogP contribution < -0.4 is 0 Å². The van der Waals surface area contributed by atoms with E-state index in [1.807, 2.05) is 6.92 Å². The lowest BCUT2D eigenvalue weighted by Gasteiger charge is -2.26. The molecule has 5 nitrogen and oxygen atoms in total. The topological polar surface area (TPSA) is 79.5 Å². The molecule has 0 radical (unpaired) electrons. The van der Waals surface area contributed by atoms with Crippen LogP contribution >= 0.6 is 0 Å². The highest BCUT2D eigenvalue weighted by Gasteiger charge is 2.38. The number of nitriles is 1. The summed E-state index contributed by atoms with van der Waals surface area (Å²) in [6.07, 6.45) is -2.24. The van der Waals surface area contributed by atoms with Crippen molar-refractivity contribution < 1.29 is 26.4 Å². The number of alkyl halides is 3. The Bertz CT molecular complexity index is 557. The summed E-state index contributed by atoms with van der Waals surface area (Å²) < 4.78 is 60.8. The molecule has 9 heteroatoms. The maximum Gasteiger partial charge on any atom is 0.390 e. The predicted molar refractivity (Wildman–Crippen MR) is 84.1 cm³/mol. The fourth-order valence-corrected chi connectivity index (χ4v) is 4.37. The molecule has 0 N–H and O–H groups in total. The lowest BCUT2D eigenvalue weighted by atomic mass is 9.86. The van der Waals surface area contributed by atoms with Gasteiger partial charge in [-0.25, -0.2) is 8.42 Å². The molecule has 1 fully saturated rings. The van der Waals surface area contributed by atoms with Gasteiger partial charge in [0, 0.05) is 0 Å². The van der Waals surface area contributed by atoms with Crippen molar-refractivity contribution in [2.24, 2.45) is 11.1 Å². The van der Waals surface area contributed by atoms with Gasteiger partial charge in [-0.2, -0.15) is 18.4 Å². The Kier molecular flexibility index (Phi) is 8.00. The summed E-state index contributed by atoms with van der Waals surface area (Å²) in [6, 6.07) is 1.70. The highest BCUT2D eigenvalue weighted by molar-refractivity contribution is 7.92. The van der Waals surface area contributed by atoms with Crippen LogP contribution in [0.1, 0.15) is 51.9 Å². The molecule has 1 atom stereocenters. The van der Waals surface area contributed by atoms with Crippen LogP contribution in [0.2, 0.25) is 0 Å². The number of oxime groups is 1. The number of nitrogens with zero attached hydrogens (tertiary/aromatic N) is 2. The van der Waals surface area contributed by atoms with Crippen molar-refractivity contribution in [1.82, 2.24) is 0 Å². The molecule has 0 aromatic rings. The van der Waals surface area contributed by atoms with Crippen molar-refractivity contribution in [3.05, 3.63) is 0 Å². The normalized spacial score (nSPS) is 20.3. The maximum atomic E-state index is 12.2. The zero-order valence-electron chi connectivity index (χ0n) is 13.7. The molecule has 1 rings (SSSR count). The third-order valence-corrected chi connectivity index (χ3v) is 6.04. The standard InChI is InChI=1S/C15H23F3N2O3S/c1-2-3-9-23-20-13-6-4-12(5-7-13)14(11-19)24(21,22)10-8-15(16,17)18/h12,14H,2-10H2,1H3. The minimum Gasteiger partial charge on any atom is -0.396 e. The third-order valence-electron chi connectivity index (χ3n) is 4.00. The molecule has 0 heterocycles. The van der Waals surface area contributed by atoms with E-state index in [2.05, 4.69) is 5.16 Å². The Balaban J connectivity index is 2.58. The minimum atomic E-state index is -4.55. The van der Waals surface area contributed by atoms with Gasteiger partial charge in [0.25, 0.3) is 0 Å². The van der Waals surface area contributed by atoms with Crippen molar-refractivity contribution >= 4 is 15.5 Å². The molecule has 1 aliphatic carbocycles. The first-order valence-corrected chi connectivity index (χ1v) is 9.76. The lowest BCUT2D eigenvalue weighted by molar-refractivity contribution is -0.129. The number of halogens is 3. The van der Waals surface area contributed by atoms with Crippen LogP contribution in [0.4, 0.5) is 13.2 Å². The van der Waals surface area contributed by atoms with Crippen molar-refractivity contribution in [3.8, 4) is 6.07 Å². The van der Waals surface area contributed by atoms with Gasteiger partial charge in [0.15, 0.2) is 15.1 Å². The number of hydrogen-bond acceptors (Lipinski definition) is 5. The summed E-state index contributed by atoms with van der Waals surface area (Å²) in [4.78, 5) is 5.16. The van der Waals surface area contributed by atoms with E-state index >= 15 is 0 Å². The molecule has 24 heavy (non-hydrogen) atoms. The molecule has 1 aliphatic rings. The van der Waals surface area contributed by atoms with Gasteiger partial charge >= 0.3 is 6.18 Å². The third kappa shape index (κ3) is 7.07. The molecule has 0 aliphatic heterocycles. The molecule has 0 amide bonds. The van der Waals surface area contributed by atoms with Crippen LogP contribution in [0.5, 0.6) is 0 Å². The molecule has 0 bridgehead atoms. The summed E-state index contributed by atoms with van der Waals surface area (Å²) in [5, 5.41) is 11.8. The number of unbranched alkanes of at least 4 members (excludes halogenated alkanes) is 1. The van der Waals surface area contributed by atoms with Crippen LogP contribution in [0.15, 0.2) is 5.16 Å². The summed E-state index contributed by atoms with van der Waals surface area (Å²) in [6.45, 7) is 2.55. The molecular weight excluding hydrogens is 345 g/mol. The van der Waals surface area contributed by atoms with Crippen molar-refractivity contribution in [1.29, 1.82) is 5.26 Å². The van der Waals surface area contributed by atoms with E-state index in [1.165, 1.54) is 0 Å². The highest BCUT2D eigenvalue weighted by Crippen LogP contribution is 2.30. The molecule has 0 saturated heterocycles. The molecule has 0 aromatic heterocycles. The van der Waals surface area contributed by atoms with Gasteiger partial charge < -0.3 is 4.84 Å². The Morgan fingerprint density at radius 3 is 2.50 bits per heavy atom. The van der Waals surface area contributed by atoms with Gasteiger partial charge in [-0.05, 0) is 38.0 Å². The number of sulfone groups is 1. The lowest BCUT2D eigenvalue weighted by Crippen LogP contribution is -2.34. The van der Waals surface area contributed by atoms with Gasteiger partial charge in [0.2, 0.25) is 0 Å². The van der Waals surface area contributed by atoms with Gasteiger partial charge in [0.05, 0.1) is 24.0 Å². The first-order valence-electron chi connectivity index (χ1n) is 8.05. The van der Waals surface area contributed by atoms with Crippen LogP contribution in [0.3, 0.4) is 0 Å². The van der Waals surface area contributed by atoms with Gasteiger partial charge in [-0.3, -0.25) is 0 Å². The smallest absolute Gasteiger partial charge is 0.390 e. The van der Waals surface area contributed by atoms with Crippen LogP contribution in [-0.2, 0) is 14.7 Å². The summed E-state index contributed by atoms with van der Waals surface area (Å²) in [7, 11) is -4.10. The summed E-state index contributed by atoms with van der Waals surface area (Å²) in [5.41, 5.74) is 0.812. The zero-order chi connectivity index (χ0) is 18.2. The number of hydrogen-bond donors (Lipinski definition) is 0. The Hall–Kier alpha value is -1.30. The maximum absolute atomic E-state index is 12.2. The molecule has 1 unspecified atom stereocenters. The second-order valence-corrected chi connectivity index (χ2v) is 8.21. The van der Waals surface area contributed by atoms with Gasteiger partial charge in [-0.1, -0.05) is 18.5 Å². The van der Waals surface area contributed by atoms with E-state index in [-0.39, 0.29) is 0 Å². The highest BCUT2D eigenvalue weighted by atomic mass is 32.2. The molecule has 138 valence electrons. The zero-order valence-corrected chi connectivity index (χ0v) is 14.5. The predicted octanol–water partition coefficient (Wildman–Crippen LogP) is 3.61. The van der Waals surface area contributed by atoms with Crippen molar-refractivity contribution in [3.63, 3.8) is 0 Å². The molecule has 1 saturated carbocycles. The Labute approximate surface area is 140 Å². The van der Waals surface area contributed by atoms with Crippen molar-refractivity contribution in [2.75, 3.05) is 12.4 Å². The summed E-state index contributed by atoms with van der Waals surface area (Å²) in [5.74, 6) is -1.49. The second-order valence-electron chi connectivity index (χ2n) is 5.96. The Morgan fingerprint density at radius 2 is 2.00 bits per heavy atom. The van der Waals surface area contributed by atoms with Gasteiger partial charge in [0.1, 0.15) is 6.61 Å². The SMILES string of the molecule is CCCCON=C1CCC(C(C#N)S(=O)(=O)CCC(F)(F)F)CC1. The fraction of sp³-hybridized carbons (Fsp3) is 0.867. The van der Waals surface area contributed by atoms with E-state index in [4.69, 9.17) is 10.1 Å². The quantitative estimate of drug-likeness (QED) is 0.484. The van der Waals surface area contributed by atoms with E-state index in [0.29, 0.717) is 32.3 Å². The fourth-order valence-electron chi connectivity index (χ4n) is 2.58. The van der Waals surface area contributed by atoms with E-state index < -0.39 is 39.4 Å².